The molecule has 0 bridgehead atoms. The Morgan fingerprint density at radius 3 is 2.58 bits per heavy atom. The van der Waals surface area contributed by atoms with Crippen LogP contribution in [-0.2, 0) is 15.0 Å². The number of carbonyl (C=O) groups is 2. The molecule has 4 rings (SSSR count). The minimum absolute atomic E-state index is 0.0704. The summed E-state index contributed by atoms with van der Waals surface area (Å²) in [6.07, 6.45) is 1.07. The van der Waals surface area contributed by atoms with Gasteiger partial charge in [-0.05, 0) is 60.4 Å². The van der Waals surface area contributed by atoms with Crippen molar-refractivity contribution in [2.45, 2.75) is 76.0 Å². The van der Waals surface area contributed by atoms with E-state index in [4.69, 9.17) is 28.3 Å². The number of benzene rings is 2. The van der Waals surface area contributed by atoms with Crippen LogP contribution in [0.25, 0.3) is 0 Å². The van der Waals surface area contributed by atoms with E-state index in [-0.39, 0.29) is 34.2 Å². The molecule has 2 amide bonds. The zero-order valence-electron chi connectivity index (χ0n) is 22.7. The largest absolute Gasteiger partial charge is 0.394 e. The summed E-state index contributed by atoms with van der Waals surface area (Å²) in [7, 11) is 0. The summed E-state index contributed by atoms with van der Waals surface area (Å²) >= 11 is 12.2. The Labute approximate surface area is 242 Å². The molecule has 0 aromatic heterocycles. The number of carbonyl (C=O) groups excluding carboxylic acids is 2. The molecule has 5 N–H and O–H groups in total. The van der Waals surface area contributed by atoms with Crippen LogP contribution in [0.2, 0.25) is 10.0 Å². The van der Waals surface area contributed by atoms with Crippen molar-refractivity contribution >= 4 is 40.7 Å². The predicted molar refractivity (Wildman–Crippen MR) is 151 cm³/mol. The topological polar surface area (TPSA) is 111 Å². The highest BCUT2D eigenvalue weighted by molar-refractivity contribution is 6.31. The molecular formula is C29H35Cl2F2N3O4. The first-order chi connectivity index (χ1) is 18.8. The highest BCUT2D eigenvalue weighted by Crippen LogP contribution is 2.57. The Kier molecular flexibility index (Phi) is 9.12. The van der Waals surface area contributed by atoms with Crippen LogP contribution in [0.15, 0.2) is 30.3 Å². The van der Waals surface area contributed by atoms with Gasteiger partial charge in [-0.1, -0.05) is 56.1 Å². The van der Waals surface area contributed by atoms with Gasteiger partial charge in [-0.15, -0.1) is 0 Å². The summed E-state index contributed by atoms with van der Waals surface area (Å²) in [5.41, 5.74) is -1.19. The molecule has 2 aromatic carbocycles. The fourth-order valence-electron chi connectivity index (χ4n) is 6.08. The maximum absolute atomic E-state index is 15.7. The van der Waals surface area contributed by atoms with E-state index in [1.165, 1.54) is 24.3 Å². The Bertz CT molecular complexity index is 1290. The third kappa shape index (κ3) is 5.72. The van der Waals surface area contributed by atoms with Gasteiger partial charge in [-0.3, -0.25) is 9.59 Å². The number of aliphatic hydroxyl groups is 2. The lowest BCUT2D eigenvalue weighted by atomic mass is 9.62. The number of rotatable bonds is 9. The lowest BCUT2D eigenvalue weighted by Gasteiger charge is -2.37. The van der Waals surface area contributed by atoms with Gasteiger partial charge < -0.3 is 26.2 Å². The molecule has 40 heavy (non-hydrogen) atoms. The SMILES string of the molecule is CC(C)(C)C[C@H]1N[C@@H](C(=O)NCCCC[C@@H](O)CO)[C@H](c2cccc(Cl)c2F)[C@@]12C(=O)Nc1cc(Cl)c(F)cc12. The first kappa shape index (κ1) is 30.7. The Morgan fingerprint density at radius 2 is 1.90 bits per heavy atom. The second-order valence-corrected chi connectivity index (χ2v) is 12.7. The molecule has 1 saturated heterocycles. The van der Waals surface area contributed by atoms with Gasteiger partial charge in [0.15, 0.2) is 0 Å². The lowest BCUT2D eigenvalue weighted by molar-refractivity contribution is -0.123. The van der Waals surface area contributed by atoms with Crippen LogP contribution < -0.4 is 16.0 Å². The summed E-state index contributed by atoms with van der Waals surface area (Å²) in [4.78, 5) is 27.8. The molecule has 2 heterocycles. The number of hydrogen-bond acceptors (Lipinski definition) is 5. The minimum Gasteiger partial charge on any atom is -0.394 e. The molecule has 0 saturated carbocycles. The van der Waals surface area contributed by atoms with Crippen molar-refractivity contribution in [3.63, 3.8) is 0 Å². The minimum atomic E-state index is -1.55. The van der Waals surface area contributed by atoms with Crippen molar-refractivity contribution in [2.24, 2.45) is 5.41 Å². The van der Waals surface area contributed by atoms with E-state index in [0.29, 0.717) is 36.9 Å². The zero-order chi connectivity index (χ0) is 29.4. The second-order valence-electron chi connectivity index (χ2n) is 11.8. The van der Waals surface area contributed by atoms with E-state index in [1.54, 1.807) is 6.07 Å². The maximum atomic E-state index is 15.7. The number of fused-ring (bicyclic) bond motifs is 2. The summed E-state index contributed by atoms with van der Waals surface area (Å²) in [6.45, 7) is 5.90. The standard InChI is InChI=1S/C29H35Cl2F2N3O4/c1-28(2,3)13-22-29(17-11-20(32)19(31)12-21(17)35-27(29)40)23(16-8-6-9-18(30)24(16)33)25(36-22)26(39)34-10-5-4-7-15(38)14-37/h6,8-9,11-12,15,22-23,25,36-38H,4-5,7,10,13-14H2,1-3H3,(H,34,39)(H,35,40)/t15-,22-,23+,25-,29+/m1/s1. The first-order valence-corrected chi connectivity index (χ1v) is 14.1. The number of anilines is 1. The van der Waals surface area contributed by atoms with Crippen LogP contribution in [0.3, 0.4) is 0 Å². The molecule has 0 unspecified atom stereocenters. The Hall–Kier alpha value is -2.30. The van der Waals surface area contributed by atoms with Gasteiger partial charge in [0, 0.05) is 24.2 Å². The third-order valence-electron chi connectivity index (χ3n) is 7.77. The van der Waals surface area contributed by atoms with E-state index >= 15 is 4.39 Å². The first-order valence-electron chi connectivity index (χ1n) is 13.4. The number of unbranched alkanes of at least 4 members (excludes halogenated alkanes) is 1. The summed E-state index contributed by atoms with van der Waals surface area (Å²) in [5.74, 6) is -3.48. The summed E-state index contributed by atoms with van der Waals surface area (Å²) in [5, 5.41) is 27.3. The molecule has 2 aromatic rings. The van der Waals surface area contributed by atoms with Crippen molar-refractivity contribution in [3.8, 4) is 0 Å². The molecule has 218 valence electrons. The Morgan fingerprint density at radius 1 is 1.18 bits per heavy atom. The number of aliphatic hydroxyl groups excluding tert-OH is 2. The van der Waals surface area contributed by atoms with Crippen molar-refractivity contribution in [2.75, 3.05) is 18.5 Å². The van der Waals surface area contributed by atoms with Crippen LogP contribution in [0.5, 0.6) is 0 Å². The van der Waals surface area contributed by atoms with Crippen LogP contribution in [0.1, 0.15) is 63.5 Å². The number of hydrogen-bond donors (Lipinski definition) is 5. The van der Waals surface area contributed by atoms with Crippen molar-refractivity contribution in [1.82, 2.24) is 10.6 Å². The van der Waals surface area contributed by atoms with Crippen molar-refractivity contribution in [3.05, 3.63) is 63.1 Å². The summed E-state index contributed by atoms with van der Waals surface area (Å²) < 4.78 is 30.7. The average molecular weight is 599 g/mol. The van der Waals surface area contributed by atoms with Gasteiger partial charge in [0.05, 0.1) is 28.8 Å². The average Bonchev–Trinajstić information content (AvgIpc) is 3.34. The van der Waals surface area contributed by atoms with E-state index in [2.05, 4.69) is 16.0 Å². The van der Waals surface area contributed by atoms with Crippen LogP contribution in [-0.4, -0.2) is 53.4 Å². The fraction of sp³-hybridized carbons (Fsp3) is 0.517. The number of nitrogens with one attached hydrogen (secondary N) is 3. The molecule has 0 aliphatic carbocycles. The van der Waals surface area contributed by atoms with Gasteiger partial charge >= 0.3 is 0 Å². The molecule has 2 aliphatic heterocycles. The summed E-state index contributed by atoms with van der Waals surface area (Å²) in [6, 6.07) is 5.26. The van der Waals surface area contributed by atoms with Gasteiger partial charge in [-0.25, -0.2) is 8.78 Å². The molecule has 5 atom stereocenters. The predicted octanol–water partition coefficient (Wildman–Crippen LogP) is 4.66. The van der Waals surface area contributed by atoms with Crippen LogP contribution >= 0.6 is 23.2 Å². The van der Waals surface area contributed by atoms with E-state index in [1.807, 2.05) is 20.8 Å². The molecule has 1 spiro atoms. The molecule has 7 nitrogen and oxygen atoms in total. The normalized spacial score (nSPS) is 24.7. The highest BCUT2D eigenvalue weighted by Gasteiger charge is 2.66. The monoisotopic (exact) mass is 597 g/mol. The molecule has 1 fully saturated rings. The van der Waals surface area contributed by atoms with Gasteiger partial charge in [0.2, 0.25) is 11.8 Å². The van der Waals surface area contributed by atoms with Gasteiger partial charge in [-0.2, -0.15) is 0 Å². The lowest BCUT2D eigenvalue weighted by Crippen LogP contribution is -2.49. The second kappa shape index (κ2) is 11.9. The van der Waals surface area contributed by atoms with E-state index < -0.39 is 53.0 Å². The maximum Gasteiger partial charge on any atom is 0.237 e. The zero-order valence-corrected chi connectivity index (χ0v) is 24.2. The molecule has 11 heteroatoms. The molecule has 0 radical (unpaired) electrons. The van der Waals surface area contributed by atoms with E-state index in [0.717, 1.165) is 0 Å². The van der Waals surface area contributed by atoms with Crippen molar-refractivity contribution in [1.29, 1.82) is 0 Å². The van der Waals surface area contributed by atoms with Gasteiger partial charge in [0.1, 0.15) is 17.0 Å². The molecular weight excluding hydrogens is 563 g/mol. The third-order valence-corrected chi connectivity index (χ3v) is 8.36. The van der Waals surface area contributed by atoms with Crippen molar-refractivity contribution < 1.29 is 28.6 Å². The van der Waals surface area contributed by atoms with E-state index in [9.17, 15) is 19.1 Å². The molecule has 2 aliphatic rings. The highest BCUT2D eigenvalue weighted by atomic mass is 35.5. The Balaban J connectivity index is 1.82. The number of amides is 2. The quantitative estimate of drug-likeness (QED) is 0.270. The fourth-order valence-corrected chi connectivity index (χ4v) is 6.43. The smallest absolute Gasteiger partial charge is 0.237 e. The van der Waals surface area contributed by atoms with Crippen LogP contribution in [0, 0.1) is 17.0 Å². The van der Waals surface area contributed by atoms with Gasteiger partial charge in [0.25, 0.3) is 0 Å². The number of halogens is 4. The van der Waals surface area contributed by atoms with Crippen LogP contribution in [0.4, 0.5) is 14.5 Å².